The highest BCUT2D eigenvalue weighted by molar-refractivity contribution is 7.90. The van der Waals surface area contributed by atoms with Crippen LogP contribution in [-0.2, 0) is 16.6 Å². The smallest absolute Gasteiger partial charge is 0.263 e. The molecule has 0 aromatic heterocycles. The fourth-order valence-corrected chi connectivity index (χ4v) is 3.31. The van der Waals surface area contributed by atoms with Gasteiger partial charge in [0.05, 0.1) is 11.4 Å². The molecule has 0 radical (unpaired) electrons. The maximum atomic E-state index is 13.1. The first kappa shape index (κ1) is 13.7. The third kappa shape index (κ3) is 2.52. The molecule has 0 fully saturated rings. The van der Waals surface area contributed by atoms with Crippen molar-refractivity contribution < 1.29 is 17.2 Å². The van der Waals surface area contributed by atoms with Gasteiger partial charge in [-0.15, -0.1) is 0 Å². The van der Waals surface area contributed by atoms with Gasteiger partial charge < -0.3 is 0 Å². The Morgan fingerprint density at radius 3 is 2.57 bits per heavy atom. The summed E-state index contributed by atoms with van der Waals surface area (Å²) in [5.74, 6) is -1.69. The molecule has 7 heteroatoms. The van der Waals surface area contributed by atoms with E-state index < -0.39 is 21.7 Å². The molecule has 0 bridgehead atoms. The van der Waals surface area contributed by atoms with Crippen molar-refractivity contribution in [3.05, 3.63) is 65.2 Å². The summed E-state index contributed by atoms with van der Waals surface area (Å²) in [6.45, 7) is 0.0450. The SMILES string of the molecule is O=S1(=O)NC(=NCc2ccc(F)c(F)c2)c2ccccc21. The second-order valence-electron chi connectivity index (χ2n) is 4.51. The molecule has 0 aliphatic carbocycles. The molecule has 0 amide bonds. The highest BCUT2D eigenvalue weighted by atomic mass is 32.2. The molecule has 1 aliphatic rings. The molecule has 21 heavy (non-hydrogen) atoms. The fraction of sp³-hybridized carbons (Fsp3) is 0.0714. The molecule has 0 unspecified atom stereocenters. The molecule has 3 rings (SSSR count). The Balaban J connectivity index is 1.93. The number of aliphatic imine (C=N–C) groups is 1. The maximum absolute atomic E-state index is 13.1. The predicted molar refractivity (Wildman–Crippen MR) is 73.4 cm³/mol. The lowest BCUT2D eigenvalue weighted by atomic mass is 10.2. The van der Waals surface area contributed by atoms with E-state index >= 15 is 0 Å². The van der Waals surface area contributed by atoms with Crippen LogP contribution in [0.2, 0.25) is 0 Å². The minimum atomic E-state index is -3.59. The zero-order valence-corrected chi connectivity index (χ0v) is 11.5. The largest absolute Gasteiger partial charge is 0.263 e. The number of amidine groups is 1. The first-order valence-corrected chi connectivity index (χ1v) is 7.56. The van der Waals surface area contributed by atoms with Crippen LogP contribution < -0.4 is 4.72 Å². The summed E-state index contributed by atoms with van der Waals surface area (Å²) in [4.78, 5) is 4.30. The quantitative estimate of drug-likeness (QED) is 0.924. The van der Waals surface area contributed by atoms with Gasteiger partial charge >= 0.3 is 0 Å². The summed E-state index contributed by atoms with van der Waals surface area (Å²) in [5, 5.41) is 0. The Morgan fingerprint density at radius 2 is 1.81 bits per heavy atom. The summed E-state index contributed by atoms with van der Waals surface area (Å²) in [7, 11) is -3.59. The van der Waals surface area contributed by atoms with Gasteiger partial charge in [-0.05, 0) is 29.8 Å². The van der Waals surface area contributed by atoms with E-state index in [9.17, 15) is 17.2 Å². The van der Waals surface area contributed by atoms with Crippen LogP contribution in [-0.4, -0.2) is 14.3 Å². The second-order valence-corrected chi connectivity index (χ2v) is 6.17. The first-order valence-electron chi connectivity index (χ1n) is 6.08. The molecule has 0 saturated carbocycles. The van der Waals surface area contributed by atoms with Crippen LogP contribution in [0.5, 0.6) is 0 Å². The molecule has 4 nitrogen and oxygen atoms in total. The van der Waals surface area contributed by atoms with Crippen LogP contribution in [0, 0.1) is 11.6 Å². The normalized spacial score (nSPS) is 17.5. The van der Waals surface area contributed by atoms with Gasteiger partial charge in [0.15, 0.2) is 11.6 Å². The number of nitrogens with zero attached hydrogens (tertiary/aromatic N) is 1. The lowest BCUT2D eigenvalue weighted by molar-refractivity contribution is 0.507. The second kappa shape index (κ2) is 4.92. The van der Waals surface area contributed by atoms with Crippen LogP contribution in [0.25, 0.3) is 0 Å². The number of hydrogen-bond donors (Lipinski definition) is 1. The van der Waals surface area contributed by atoms with E-state index in [1.54, 1.807) is 18.2 Å². The van der Waals surface area contributed by atoms with E-state index in [-0.39, 0.29) is 17.3 Å². The van der Waals surface area contributed by atoms with Gasteiger partial charge in [0.1, 0.15) is 5.84 Å². The zero-order chi connectivity index (χ0) is 15.0. The molecular formula is C14H10F2N2O2S. The third-order valence-electron chi connectivity index (χ3n) is 3.07. The molecular weight excluding hydrogens is 298 g/mol. The maximum Gasteiger partial charge on any atom is 0.263 e. The van der Waals surface area contributed by atoms with E-state index in [1.807, 2.05) is 0 Å². The Hall–Kier alpha value is -2.28. The summed E-state index contributed by atoms with van der Waals surface area (Å²) in [6.07, 6.45) is 0. The van der Waals surface area contributed by atoms with Crippen molar-refractivity contribution in [1.82, 2.24) is 4.72 Å². The number of hydrogen-bond acceptors (Lipinski definition) is 3. The van der Waals surface area contributed by atoms with E-state index in [2.05, 4.69) is 9.71 Å². The molecule has 0 spiro atoms. The molecule has 1 heterocycles. The highest BCUT2D eigenvalue weighted by Gasteiger charge is 2.29. The molecule has 108 valence electrons. The van der Waals surface area contributed by atoms with Gasteiger partial charge in [-0.3, -0.25) is 9.71 Å². The number of benzene rings is 2. The fourth-order valence-electron chi connectivity index (χ4n) is 2.06. The molecule has 2 aromatic carbocycles. The molecule has 2 aromatic rings. The van der Waals surface area contributed by atoms with Crippen molar-refractivity contribution in [2.75, 3.05) is 0 Å². The van der Waals surface area contributed by atoms with Gasteiger partial charge in [-0.25, -0.2) is 17.2 Å². The van der Waals surface area contributed by atoms with Gasteiger partial charge in [-0.1, -0.05) is 18.2 Å². The van der Waals surface area contributed by atoms with Crippen LogP contribution in [0.4, 0.5) is 8.78 Å². The van der Waals surface area contributed by atoms with E-state index in [4.69, 9.17) is 0 Å². The summed E-state index contributed by atoms with van der Waals surface area (Å²) < 4.78 is 52.0. The average Bonchev–Trinajstić information content (AvgIpc) is 2.72. The predicted octanol–water partition coefficient (Wildman–Crippen LogP) is 2.20. The average molecular weight is 308 g/mol. The number of halogens is 2. The Kier molecular flexibility index (Phi) is 3.21. The number of rotatable bonds is 2. The lowest BCUT2D eigenvalue weighted by Gasteiger charge is -2.01. The van der Waals surface area contributed by atoms with Gasteiger partial charge in [-0.2, -0.15) is 0 Å². The Labute approximate surface area is 120 Å². The van der Waals surface area contributed by atoms with Crippen molar-refractivity contribution in [3.63, 3.8) is 0 Å². The Morgan fingerprint density at radius 1 is 1.05 bits per heavy atom. The van der Waals surface area contributed by atoms with Crippen molar-refractivity contribution in [2.24, 2.45) is 4.99 Å². The van der Waals surface area contributed by atoms with Gasteiger partial charge in [0.2, 0.25) is 0 Å². The van der Waals surface area contributed by atoms with Crippen molar-refractivity contribution in [1.29, 1.82) is 0 Å². The molecule has 0 saturated heterocycles. The number of fused-ring (bicyclic) bond motifs is 1. The number of nitrogens with one attached hydrogen (secondary N) is 1. The first-order chi connectivity index (χ1) is 9.97. The zero-order valence-electron chi connectivity index (χ0n) is 10.7. The van der Waals surface area contributed by atoms with Crippen LogP contribution >= 0.6 is 0 Å². The molecule has 1 aliphatic heterocycles. The molecule has 1 N–H and O–H groups in total. The topological polar surface area (TPSA) is 58.5 Å². The van der Waals surface area contributed by atoms with Crippen LogP contribution in [0.3, 0.4) is 0 Å². The van der Waals surface area contributed by atoms with Crippen LogP contribution in [0.15, 0.2) is 52.4 Å². The van der Waals surface area contributed by atoms with E-state index in [0.29, 0.717) is 11.1 Å². The Bertz CT molecular complexity index is 848. The van der Waals surface area contributed by atoms with Crippen molar-refractivity contribution in [2.45, 2.75) is 11.4 Å². The van der Waals surface area contributed by atoms with Crippen molar-refractivity contribution >= 4 is 15.9 Å². The van der Waals surface area contributed by atoms with Gasteiger partial charge in [0.25, 0.3) is 10.0 Å². The van der Waals surface area contributed by atoms with E-state index in [0.717, 1.165) is 12.1 Å². The van der Waals surface area contributed by atoms with E-state index in [1.165, 1.54) is 12.1 Å². The molecule has 0 atom stereocenters. The standard InChI is InChI=1S/C14H10F2N2O2S/c15-11-6-5-9(7-12(11)16)8-17-14-10-3-1-2-4-13(10)21(19,20)18-14/h1-7H,8H2,(H,17,18). The lowest BCUT2D eigenvalue weighted by Crippen LogP contribution is -2.22. The summed E-state index contributed by atoms with van der Waals surface area (Å²) >= 11 is 0. The monoisotopic (exact) mass is 308 g/mol. The van der Waals surface area contributed by atoms with Crippen molar-refractivity contribution in [3.8, 4) is 0 Å². The summed E-state index contributed by atoms with van der Waals surface area (Å²) in [6, 6.07) is 9.89. The van der Waals surface area contributed by atoms with Gasteiger partial charge in [0, 0.05) is 5.56 Å². The van der Waals surface area contributed by atoms with Crippen LogP contribution in [0.1, 0.15) is 11.1 Å². The summed E-state index contributed by atoms with van der Waals surface area (Å²) in [5.41, 5.74) is 0.921. The minimum Gasteiger partial charge on any atom is -0.263 e. The minimum absolute atomic E-state index is 0.0450. The highest BCUT2D eigenvalue weighted by Crippen LogP contribution is 2.22. The number of sulfonamides is 1. The third-order valence-corrected chi connectivity index (χ3v) is 4.46.